The van der Waals surface area contributed by atoms with Crippen LogP contribution in [0.4, 0.5) is 4.39 Å². The van der Waals surface area contributed by atoms with Gasteiger partial charge in [-0.25, -0.2) is 14.4 Å². The van der Waals surface area contributed by atoms with Crippen LogP contribution in [0.5, 0.6) is 0 Å². The lowest BCUT2D eigenvalue weighted by Gasteiger charge is -2.08. The van der Waals surface area contributed by atoms with Crippen LogP contribution in [0, 0.1) is 5.82 Å². The quantitative estimate of drug-likeness (QED) is 0.679. The molecule has 3 aromatic rings. The highest BCUT2D eigenvalue weighted by Crippen LogP contribution is 2.19. The van der Waals surface area contributed by atoms with Crippen LogP contribution in [0.3, 0.4) is 0 Å². The van der Waals surface area contributed by atoms with Crippen LogP contribution >= 0.6 is 11.6 Å². The second-order valence-corrected chi connectivity index (χ2v) is 5.33. The molecule has 0 amide bonds. The molecule has 3 rings (SSSR count). The summed E-state index contributed by atoms with van der Waals surface area (Å²) < 4.78 is 17.5. The standard InChI is InChI=1S/C15H16ClFN4/c1-20-9-7-18-14(20)5-8-21-13-10-11(17)2-3-12(13)19-15(21)4-6-16/h2-3,7,9-10H,4-6,8H2,1H3. The molecule has 2 heterocycles. The zero-order valence-electron chi connectivity index (χ0n) is 11.8. The van der Waals surface area contributed by atoms with Crippen molar-refractivity contribution in [1.29, 1.82) is 0 Å². The summed E-state index contributed by atoms with van der Waals surface area (Å²) >= 11 is 5.85. The number of hydrogen-bond acceptors (Lipinski definition) is 2. The van der Waals surface area contributed by atoms with E-state index < -0.39 is 0 Å². The van der Waals surface area contributed by atoms with Gasteiger partial charge < -0.3 is 9.13 Å². The van der Waals surface area contributed by atoms with Crippen molar-refractivity contribution >= 4 is 22.6 Å². The summed E-state index contributed by atoms with van der Waals surface area (Å²) in [7, 11) is 1.97. The van der Waals surface area contributed by atoms with Gasteiger partial charge in [0.25, 0.3) is 0 Å². The molecule has 0 atom stereocenters. The van der Waals surface area contributed by atoms with Crippen molar-refractivity contribution in [3.63, 3.8) is 0 Å². The van der Waals surface area contributed by atoms with Gasteiger partial charge in [-0.15, -0.1) is 11.6 Å². The Morgan fingerprint density at radius 2 is 2.10 bits per heavy atom. The first-order valence-electron chi connectivity index (χ1n) is 6.86. The number of hydrogen-bond donors (Lipinski definition) is 0. The maximum atomic E-state index is 13.5. The molecule has 6 heteroatoms. The summed E-state index contributed by atoms with van der Waals surface area (Å²) in [6.45, 7) is 0.705. The Hall–Kier alpha value is -1.88. The molecule has 2 aromatic heterocycles. The number of benzene rings is 1. The van der Waals surface area contributed by atoms with E-state index in [1.807, 2.05) is 22.4 Å². The Kier molecular flexibility index (Phi) is 3.92. The van der Waals surface area contributed by atoms with E-state index in [1.54, 1.807) is 12.3 Å². The molecule has 0 aliphatic carbocycles. The van der Waals surface area contributed by atoms with Gasteiger partial charge in [0, 0.05) is 44.7 Å². The van der Waals surface area contributed by atoms with E-state index in [9.17, 15) is 4.39 Å². The molecule has 0 spiro atoms. The van der Waals surface area contributed by atoms with Crippen molar-refractivity contribution in [1.82, 2.24) is 19.1 Å². The fourth-order valence-electron chi connectivity index (χ4n) is 2.52. The van der Waals surface area contributed by atoms with Gasteiger partial charge >= 0.3 is 0 Å². The molecule has 0 aliphatic heterocycles. The summed E-state index contributed by atoms with van der Waals surface area (Å²) in [5.41, 5.74) is 1.61. The third-order valence-electron chi connectivity index (χ3n) is 3.59. The van der Waals surface area contributed by atoms with E-state index in [2.05, 4.69) is 9.97 Å². The second-order valence-electron chi connectivity index (χ2n) is 4.96. The van der Waals surface area contributed by atoms with Crippen LogP contribution in [-0.2, 0) is 26.4 Å². The summed E-state index contributed by atoms with van der Waals surface area (Å²) in [4.78, 5) is 8.87. The lowest BCUT2D eigenvalue weighted by Crippen LogP contribution is -2.09. The third-order valence-corrected chi connectivity index (χ3v) is 3.78. The molecule has 0 N–H and O–H groups in total. The van der Waals surface area contributed by atoms with E-state index in [1.165, 1.54) is 12.1 Å². The molecule has 0 bridgehead atoms. The van der Waals surface area contributed by atoms with Crippen molar-refractivity contribution in [2.24, 2.45) is 7.05 Å². The van der Waals surface area contributed by atoms with Crippen molar-refractivity contribution in [2.75, 3.05) is 5.88 Å². The normalized spacial score (nSPS) is 11.4. The number of imidazole rings is 2. The first kappa shape index (κ1) is 14.1. The van der Waals surface area contributed by atoms with Crippen molar-refractivity contribution in [3.05, 3.63) is 48.1 Å². The molecule has 0 aliphatic rings. The van der Waals surface area contributed by atoms with Crippen LogP contribution in [0.15, 0.2) is 30.6 Å². The van der Waals surface area contributed by atoms with Gasteiger partial charge in [0.05, 0.1) is 11.0 Å². The molecule has 1 aromatic carbocycles. The summed E-state index contributed by atoms with van der Waals surface area (Å²) in [6.07, 6.45) is 5.13. The zero-order valence-corrected chi connectivity index (χ0v) is 12.5. The number of alkyl halides is 1. The highest BCUT2D eigenvalue weighted by molar-refractivity contribution is 6.17. The molecular formula is C15H16ClFN4. The van der Waals surface area contributed by atoms with Crippen molar-refractivity contribution in [3.8, 4) is 0 Å². The van der Waals surface area contributed by atoms with Crippen LogP contribution < -0.4 is 0 Å². The Morgan fingerprint density at radius 3 is 2.81 bits per heavy atom. The molecule has 21 heavy (non-hydrogen) atoms. The lowest BCUT2D eigenvalue weighted by atomic mass is 10.3. The number of nitrogens with zero attached hydrogens (tertiary/aromatic N) is 4. The van der Waals surface area contributed by atoms with Gasteiger partial charge in [0.2, 0.25) is 0 Å². The molecule has 0 unspecified atom stereocenters. The Balaban J connectivity index is 1.96. The van der Waals surface area contributed by atoms with Gasteiger partial charge in [0.15, 0.2) is 0 Å². The minimum Gasteiger partial charge on any atom is -0.338 e. The molecule has 0 saturated carbocycles. The monoisotopic (exact) mass is 306 g/mol. The number of halogens is 2. The van der Waals surface area contributed by atoms with E-state index in [0.717, 1.165) is 29.1 Å². The first-order valence-corrected chi connectivity index (χ1v) is 7.39. The average molecular weight is 307 g/mol. The van der Waals surface area contributed by atoms with Gasteiger partial charge in [-0.3, -0.25) is 0 Å². The van der Waals surface area contributed by atoms with E-state index >= 15 is 0 Å². The molecule has 0 fully saturated rings. The zero-order chi connectivity index (χ0) is 14.8. The average Bonchev–Trinajstić information content (AvgIpc) is 3.01. The highest BCUT2D eigenvalue weighted by atomic mass is 35.5. The molecule has 0 saturated heterocycles. The number of aromatic nitrogens is 4. The number of fused-ring (bicyclic) bond motifs is 1. The summed E-state index contributed by atoms with van der Waals surface area (Å²) in [6, 6.07) is 4.67. The minimum atomic E-state index is -0.252. The summed E-state index contributed by atoms with van der Waals surface area (Å²) in [5, 5.41) is 0. The van der Waals surface area contributed by atoms with E-state index in [4.69, 9.17) is 11.6 Å². The van der Waals surface area contributed by atoms with Gasteiger partial charge in [0.1, 0.15) is 17.5 Å². The highest BCUT2D eigenvalue weighted by Gasteiger charge is 2.12. The van der Waals surface area contributed by atoms with Crippen LogP contribution in [0.1, 0.15) is 11.6 Å². The topological polar surface area (TPSA) is 35.6 Å². The first-order chi connectivity index (χ1) is 10.2. The van der Waals surface area contributed by atoms with Crippen molar-refractivity contribution < 1.29 is 4.39 Å². The maximum absolute atomic E-state index is 13.5. The maximum Gasteiger partial charge on any atom is 0.125 e. The smallest absolute Gasteiger partial charge is 0.125 e. The largest absolute Gasteiger partial charge is 0.338 e. The van der Waals surface area contributed by atoms with Crippen LogP contribution in [-0.4, -0.2) is 25.0 Å². The predicted molar refractivity (Wildman–Crippen MR) is 81.0 cm³/mol. The summed E-state index contributed by atoms with van der Waals surface area (Å²) in [5.74, 6) is 2.12. The third kappa shape index (κ3) is 2.78. The SMILES string of the molecule is Cn1ccnc1CCn1c(CCCl)nc2ccc(F)cc21. The van der Waals surface area contributed by atoms with Gasteiger partial charge in [-0.1, -0.05) is 0 Å². The van der Waals surface area contributed by atoms with Gasteiger partial charge in [-0.2, -0.15) is 0 Å². The van der Waals surface area contributed by atoms with Crippen LogP contribution in [0.25, 0.3) is 11.0 Å². The minimum absolute atomic E-state index is 0.252. The van der Waals surface area contributed by atoms with Crippen LogP contribution in [0.2, 0.25) is 0 Å². The van der Waals surface area contributed by atoms with Crippen molar-refractivity contribution in [2.45, 2.75) is 19.4 Å². The number of rotatable bonds is 5. The second kappa shape index (κ2) is 5.85. The Bertz CT molecular complexity index is 762. The fraction of sp³-hybridized carbons (Fsp3) is 0.333. The Labute approximate surface area is 127 Å². The molecule has 4 nitrogen and oxygen atoms in total. The van der Waals surface area contributed by atoms with Gasteiger partial charge in [-0.05, 0) is 18.2 Å². The van der Waals surface area contributed by atoms with E-state index in [-0.39, 0.29) is 5.82 Å². The molecule has 110 valence electrons. The Morgan fingerprint density at radius 1 is 1.24 bits per heavy atom. The van der Waals surface area contributed by atoms with E-state index in [0.29, 0.717) is 18.8 Å². The molecule has 0 radical (unpaired) electrons. The lowest BCUT2D eigenvalue weighted by molar-refractivity contribution is 0.621. The predicted octanol–water partition coefficient (Wildman–Crippen LogP) is 2.93. The number of aryl methyl sites for hydroxylation is 4. The fourth-order valence-corrected chi connectivity index (χ4v) is 2.69. The molecular weight excluding hydrogens is 291 g/mol.